The smallest absolute Gasteiger partial charge is 0.191 e. The molecule has 1 atom stereocenters. The van der Waals surface area contributed by atoms with Crippen molar-refractivity contribution in [1.29, 1.82) is 0 Å². The first-order chi connectivity index (χ1) is 10.3. The van der Waals surface area contributed by atoms with Crippen LogP contribution in [0.5, 0.6) is 0 Å². The SMILES string of the molecule is Fc1ccccc1CC(NC1=NCCN1)c1ccccc1. The number of hydrogen-bond acceptors (Lipinski definition) is 3. The second-order valence-corrected chi connectivity index (χ2v) is 5.06. The fraction of sp³-hybridized carbons (Fsp3) is 0.235. The van der Waals surface area contributed by atoms with E-state index in [1.165, 1.54) is 6.07 Å². The van der Waals surface area contributed by atoms with Gasteiger partial charge in [-0.3, -0.25) is 4.99 Å². The van der Waals surface area contributed by atoms with Crippen LogP contribution >= 0.6 is 0 Å². The molecule has 0 aromatic heterocycles. The van der Waals surface area contributed by atoms with E-state index in [1.54, 1.807) is 6.07 Å². The van der Waals surface area contributed by atoms with E-state index in [0.29, 0.717) is 12.0 Å². The molecule has 0 amide bonds. The molecule has 3 rings (SSSR count). The van der Waals surface area contributed by atoms with Gasteiger partial charge in [0.2, 0.25) is 0 Å². The third-order valence-corrected chi connectivity index (χ3v) is 3.57. The minimum absolute atomic E-state index is 0.00699. The fourth-order valence-corrected chi connectivity index (χ4v) is 2.48. The first kappa shape index (κ1) is 13.6. The van der Waals surface area contributed by atoms with E-state index in [-0.39, 0.29) is 11.9 Å². The molecule has 0 radical (unpaired) electrons. The molecule has 3 nitrogen and oxygen atoms in total. The highest BCUT2D eigenvalue weighted by Crippen LogP contribution is 2.20. The molecule has 2 N–H and O–H groups in total. The van der Waals surface area contributed by atoms with Crippen molar-refractivity contribution in [2.75, 3.05) is 13.1 Å². The van der Waals surface area contributed by atoms with Crippen LogP contribution < -0.4 is 10.6 Å². The Kier molecular flexibility index (Phi) is 4.15. The zero-order valence-corrected chi connectivity index (χ0v) is 11.7. The molecule has 108 valence electrons. The summed E-state index contributed by atoms with van der Waals surface area (Å²) >= 11 is 0. The maximum Gasteiger partial charge on any atom is 0.191 e. The lowest BCUT2D eigenvalue weighted by molar-refractivity contribution is 0.574. The van der Waals surface area contributed by atoms with Gasteiger partial charge in [-0.2, -0.15) is 0 Å². The topological polar surface area (TPSA) is 36.4 Å². The van der Waals surface area contributed by atoms with E-state index in [0.717, 1.165) is 24.6 Å². The highest BCUT2D eigenvalue weighted by Gasteiger charge is 2.17. The Labute approximate surface area is 123 Å². The van der Waals surface area contributed by atoms with Crippen LogP contribution in [-0.2, 0) is 6.42 Å². The number of aliphatic imine (C=N–C) groups is 1. The highest BCUT2D eigenvalue weighted by molar-refractivity contribution is 5.81. The third-order valence-electron chi connectivity index (χ3n) is 3.57. The summed E-state index contributed by atoms with van der Waals surface area (Å²) in [7, 11) is 0. The largest absolute Gasteiger partial charge is 0.355 e. The van der Waals surface area contributed by atoms with Crippen molar-refractivity contribution in [1.82, 2.24) is 10.6 Å². The van der Waals surface area contributed by atoms with Gasteiger partial charge in [-0.1, -0.05) is 48.5 Å². The van der Waals surface area contributed by atoms with Crippen molar-refractivity contribution in [2.24, 2.45) is 4.99 Å². The molecule has 1 heterocycles. The van der Waals surface area contributed by atoms with Crippen molar-refractivity contribution >= 4 is 5.96 Å². The molecule has 21 heavy (non-hydrogen) atoms. The highest BCUT2D eigenvalue weighted by atomic mass is 19.1. The fourth-order valence-electron chi connectivity index (χ4n) is 2.48. The zero-order chi connectivity index (χ0) is 14.5. The molecule has 0 fully saturated rings. The number of benzene rings is 2. The Balaban J connectivity index is 1.83. The maximum atomic E-state index is 13.9. The molecule has 0 saturated carbocycles. The summed E-state index contributed by atoms with van der Waals surface area (Å²) in [5.41, 5.74) is 1.83. The zero-order valence-electron chi connectivity index (χ0n) is 11.7. The molecule has 1 unspecified atom stereocenters. The van der Waals surface area contributed by atoms with Crippen molar-refractivity contribution < 1.29 is 4.39 Å². The second kappa shape index (κ2) is 6.39. The summed E-state index contributed by atoms with van der Waals surface area (Å²) in [6.07, 6.45) is 0.581. The summed E-state index contributed by atoms with van der Waals surface area (Å²) in [6, 6.07) is 17.0. The van der Waals surface area contributed by atoms with Gasteiger partial charge in [0.25, 0.3) is 0 Å². The van der Waals surface area contributed by atoms with Crippen LogP contribution in [0.3, 0.4) is 0 Å². The number of guanidine groups is 1. The Hall–Kier alpha value is -2.36. The number of nitrogens with zero attached hydrogens (tertiary/aromatic N) is 1. The molecular weight excluding hydrogens is 265 g/mol. The summed E-state index contributed by atoms with van der Waals surface area (Å²) in [5, 5.41) is 6.58. The molecule has 2 aromatic carbocycles. The lowest BCUT2D eigenvalue weighted by atomic mass is 9.98. The van der Waals surface area contributed by atoms with Gasteiger partial charge in [-0.05, 0) is 23.6 Å². The van der Waals surface area contributed by atoms with Gasteiger partial charge in [0.15, 0.2) is 5.96 Å². The Morgan fingerprint density at radius 2 is 1.86 bits per heavy atom. The van der Waals surface area contributed by atoms with E-state index in [9.17, 15) is 4.39 Å². The number of nitrogens with one attached hydrogen (secondary N) is 2. The van der Waals surface area contributed by atoms with Crippen LogP contribution in [-0.4, -0.2) is 19.0 Å². The van der Waals surface area contributed by atoms with Crippen LogP contribution in [0.1, 0.15) is 17.2 Å². The molecule has 1 aliphatic rings. The summed E-state index contributed by atoms with van der Waals surface area (Å²) in [6.45, 7) is 1.63. The van der Waals surface area contributed by atoms with Crippen LogP contribution in [0, 0.1) is 5.82 Å². The summed E-state index contributed by atoms with van der Waals surface area (Å²) in [5.74, 6) is 0.627. The van der Waals surface area contributed by atoms with Gasteiger partial charge in [0.05, 0.1) is 12.6 Å². The lowest BCUT2D eigenvalue weighted by Crippen LogP contribution is -2.37. The van der Waals surface area contributed by atoms with Crippen molar-refractivity contribution in [3.05, 3.63) is 71.5 Å². The maximum absolute atomic E-state index is 13.9. The molecule has 0 aliphatic carbocycles. The van der Waals surface area contributed by atoms with Gasteiger partial charge in [0, 0.05) is 6.54 Å². The number of halogens is 1. The van der Waals surface area contributed by atoms with Gasteiger partial charge in [-0.15, -0.1) is 0 Å². The third kappa shape index (κ3) is 3.40. The van der Waals surface area contributed by atoms with Gasteiger partial charge < -0.3 is 10.6 Å². The molecule has 0 spiro atoms. The molecular formula is C17H18FN3. The first-order valence-corrected chi connectivity index (χ1v) is 7.16. The van der Waals surface area contributed by atoms with E-state index in [1.807, 2.05) is 42.5 Å². The van der Waals surface area contributed by atoms with Crippen molar-refractivity contribution in [2.45, 2.75) is 12.5 Å². The molecule has 0 bridgehead atoms. The van der Waals surface area contributed by atoms with Crippen LogP contribution in [0.2, 0.25) is 0 Å². The van der Waals surface area contributed by atoms with Crippen LogP contribution in [0.15, 0.2) is 59.6 Å². The molecule has 2 aromatic rings. The van der Waals surface area contributed by atoms with Gasteiger partial charge in [0.1, 0.15) is 5.82 Å². The minimum atomic E-state index is -0.165. The average molecular weight is 283 g/mol. The Bertz CT molecular complexity index is 625. The van der Waals surface area contributed by atoms with Crippen molar-refractivity contribution in [3.63, 3.8) is 0 Å². The monoisotopic (exact) mass is 283 g/mol. The van der Waals surface area contributed by atoms with E-state index < -0.39 is 0 Å². The van der Waals surface area contributed by atoms with Gasteiger partial charge in [-0.25, -0.2) is 4.39 Å². The quantitative estimate of drug-likeness (QED) is 0.905. The molecule has 4 heteroatoms. The first-order valence-electron chi connectivity index (χ1n) is 7.16. The molecule has 1 aliphatic heterocycles. The molecule has 0 saturated heterocycles. The van der Waals surface area contributed by atoms with E-state index in [2.05, 4.69) is 15.6 Å². The van der Waals surface area contributed by atoms with Crippen molar-refractivity contribution in [3.8, 4) is 0 Å². The van der Waals surface area contributed by atoms with E-state index >= 15 is 0 Å². The summed E-state index contributed by atoms with van der Waals surface area (Å²) in [4.78, 5) is 4.37. The predicted molar refractivity (Wildman–Crippen MR) is 82.7 cm³/mol. The number of rotatable bonds is 4. The number of hydrogen-bond donors (Lipinski definition) is 2. The predicted octanol–water partition coefficient (Wildman–Crippen LogP) is 2.66. The van der Waals surface area contributed by atoms with E-state index in [4.69, 9.17) is 0 Å². The normalized spacial score (nSPS) is 15.2. The Morgan fingerprint density at radius 1 is 1.10 bits per heavy atom. The second-order valence-electron chi connectivity index (χ2n) is 5.06. The van der Waals surface area contributed by atoms with Gasteiger partial charge >= 0.3 is 0 Å². The minimum Gasteiger partial charge on any atom is -0.355 e. The summed E-state index contributed by atoms with van der Waals surface area (Å²) < 4.78 is 13.9. The standard InChI is InChI=1S/C17H18FN3/c18-15-9-5-4-8-14(15)12-16(13-6-2-1-3-7-13)21-17-19-10-11-20-17/h1-9,16H,10-12H2,(H2,19,20,21). The average Bonchev–Trinajstić information content (AvgIpc) is 3.03. The van der Waals surface area contributed by atoms with Crippen LogP contribution in [0.25, 0.3) is 0 Å². The Morgan fingerprint density at radius 3 is 2.57 bits per heavy atom. The van der Waals surface area contributed by atoms with Crippen LogP contribution in [0.4, 0.5) is 4.39 Å². The lowest BCUT2D eigenvalue weighted by Gasteiger charge is -2.20.